The van der Waals surface area contributed by atoms with Crippen molar-refractivity contribution in [3.05, 3.63) is 11.1 Å². The highest BCUT2D eigenvalue weighted by atomic mass is 32.2. The molecule has 6 heteroatoms. The summed E-state index contributed by atoms with van der Waals surface area (Å²) >= 11 is 3.20. The van der Waals surface area contributed by atoms with Gasteiger partial charge in [-0.3, -0.25) is 9.79 Å². The maximum atomic E-state index is 11.2. The van der Waals surface area contributed by atoms with E-state index in [1.54, 1.807) is 17.1 Å². The smallest absolute Gasteiger partial charge is 0.189 e. The third-order valence-electron chi connectivity index (χ3n) is 3.65. The Hall–Kier alpha value is -0.880. The van der Waals surface area contributed by atoms with Gasteiger partial charge in [0.2, 0.25) is 0 Å². The van der Waals surface area contributed by atoms with Crippen LogP contribution in [0.15, 0.2) is 10.4 Å². The van der Waals surface area contributed by atoms with Crippen LogP contribution in [0.2, 0.25) is 0 Å². The van der Waals surface area contributed by atoms with Crippen molar-refractivity contribution in [2.24, 2.45) is 10.4 Å². The molecule has 1 aliphatic rings. The molecule has 104 valence electrons. The fourth-order valence-corrected chi connectivity index (χ4v) is 3.97. The molecule has 1 aromatic rings. The van der Waals surface area contributed by atoms with Gasteiger partial charge in [-0.05, 0) is 18.3 Å². The summed E-state index contributed by atoms with van der Waals surface area (Å²) in [7, 11) is 0. The van der Waals surface area contributed by atoms with Crippen molar-refractivity contribution in [2.75, 3.05) is 17.6 Å². The summed E-state index contributed by atoms with van der Waals surface area (Å²) in [6.45, 7) is 6.87. The van der Waals surface area contributed by atoms with Gasteiger partial charge >= 0.3 is 0 Å². The molecule has 19 heavy (non-hydrogen) atoms. The number of aliphatic imine (C=N–C) groups is 1. The zero-order valence-corrected chi connectivity index (χ0v) is 13.2. The van der Waals surface area contributed by atoms with Crippen LogP contribution in [0.1, 0.15) is 44.1 Å². The highest BCUT2D eigenvalue weighted by molar-refractivity contribution is 8.14. The highest BCUT2D eigenvalue weighted by Crippen LogP contribution is 2.35. The van der Waals surface area contributed by atoms with E-state index in [0.717, 1.165) is 22.6 Å². The largest absolute Gasteiger partial charge is 0.311 e. The Labute approximate surface area is 122 Å². The monoisotopic (exact) mass is 297 g/mol. The molecule has 0 aromatic carbocycles. The summed E-state index contributed by atoms with van der Waals surface area (Å²) in [5, 5.41) is 6.65. The van der Waals surface area contributed by atoms with E-state index in [9.17, 15) is 4.79 Å². The molecule has 0 saturated heterocycles. The van der Waals surface area contributed by atoms with Crippen molar-refractivity contribution in [1.82, 2.24) is 4.98 Å². The number of nitrogens with zero attached hydrogens (tertiary/aromatic N) is 2. The lowest BCUT2D eigenvalue weighted by atomic mass is 9.84. The zero-order chi connectivity index (χ0) is 13.9. The van der Waals surface area contributed by atoms with Crippen LogP contribution in [0.5, 0.6) is 0 Å². The lowest BCUT2D eigenvalue weighted by Crippen LogP contribution is -2.32. The minimum Gasteiger partial charge on any atom is -0.311 e. The number of carbonyl (C=O) groups excluding carboxylic acids is 1. The molecule has 2 heterocycles. The summed E-state index contributed by atoms with van der Waals surface area (Å²) in [4.78, 5) is 20.1. The van der Waals surface area contributed by atoms with Gasteiger partial charge in [-0.15, -0.1) is 11.3 Å². The minimum absolute atomic E-state index is 0.00137. The number of amidine groups is 1. The number of nitrogens with one attached hydrogen (secondary N) is 1. The van der Waals surface area contributed by atoms with Crippen molar-refractivity contribution in [2.45, 2.75) is 33.6 Å². The Kier molecular flexibility index (Phi) is 4.62. The van der Waals surface area contributed by atoms with Crippen molar-refractivity contribution in [1.29, 1.82) is 0 Å². The van der Waals surface area contributed by atoms with Crippen LogP contribution >= 0.6 is 23.1 Å². The van der Waals surface area contributed by atoms with Crippen LogP contribution < -0.4 is 5.32 Å². The lowest BCUT2D eigenvalue weighted by molar-refractivity contribution is 0.101. The molecule has 4 nitrogen and oxygen atoms in total. The quantitative estimate of drug-likeness (QED) is 0.862. The zero-order valence-electron chi connectivity index (χ0n) is 11.5. The van der Waals surface area contributed by atoms with Gasteiger partial charge < -0.3 is 5.32 Å². The van der Waals surface area contributed by atoms with Gasteiger partial charge in [-0.25, -0.2) is 4.98 Å². The fourth-order valence-electron chi connectivity index (χ4n) is 1.89. The van der Waals surface area contributed by atoms with E-state index in [0.29, 0.717) is 11.1 Å². The summed E-state index contributed by atoms with van der Waals surface area (Å²) in [6, 6.07) is 0. The number of thiazole rings is 1. The van der Waals surface area contributed by atoms with E-state index < -0.39 is 0 Å². The van der Waals surface area contributed by atoms with E-state index in [2.05, 4.69) is 29.1 Å². The predicted octanol–water partition coefficient (Wildman–Crippen LogP) is 3.67. The Balaban J connectivity index is 2.01. The van der Waals surface area contributed by atoms with E-state index in [-0.39, 0.29) is 5.78 Å². The van der Waals surface area contributed by atoms with Gasteiger partial charge in [-0.2, -0.15) is 0 Å². The molecule has 1 aromatic heterocycles. The molecule has 0 aliphatic carbocycles. The molecule has 0 spiro atoms. The second-order valence-corrected chi connectivity index (χ2v) is 6.66. The third kappa shape index (κ3) is 3.36. The van der Waals surface area contributed by atoms with Crippen LogP contribution in [0.4, 0.5) is 5.13 Å². The fraction of sp³-hybridized carbons (Fsp3) is 0.615. The second-order valence-electron chi connectivity index (χ2n) is 4.84. The Morgan fingerprint density at radius 2 is 2.21 bits per heavy atom. The van der Waals surface area contributed by atoms with Gasteiger partial charge in [0.05, 0.1) is 0 Å². The molecular formula is C13H19N3OS2. The molecule has 1 N–H and O–H groups in total. The molecule has 0 amide bonds. The van der Waals surface area contributed by atoms with Crippen molar-refractivity contribution < 1.29 is 4.79 Å². The standard InChI is InChI=1S/C13H19N3OS2/c1-4-13(5-2)7-14-11(19-8-13)16-12-15-10(6-18-12)9(3)17/h6H,4-5,7-8H2,1-3H3,(H,14,15,16). The minimum atomic E-state index is -0.00137. The van der Waals surface area contributed by atoms with Crippen molar-refractivity contribution >= 4 is 39.2 Å². The maximum absolute atomic E-state index is 11.2. The van der Waals surface area contributed by atoms with Crippen molar-refractivity contribution in [3.63, 3.8) is 0 Å². The lowest BCUT2D eigenvalue weighted by Gasteiger charge is -2.33. The van der Waals surface area contributed by atoms with Crippen LogP contribution in [0.25, 0.3) is 0 Å². The van der Waals surface area contributed by atoms with Gasteiger partial charge in [0, 0.05) is 24.6 Å². The number of carbonyl (C=O) groups is 1. The maximum Gasteiger partial charge on any atom is 0.189 e. The second kappa shape index (κ2) is 6.05. The first-order valence-corrected chi connectivity index (χ1v) is 8.36. The SMILES string of the molecule is CCC1(CC)CN=C(Nc2nc(C(C)=O)cs2)SC1. The van der Waals surface area contributed by atoms with E-state index in [1.807, 2.05) is 0 Å². The van der Waals surface area contributed by atoms with Crippen molar-refractivity contribution in [3.8, 4) is 0 Å². The third-order valence-corrected chi connectivity index (χ3v) is 5.67. The predicted molar refractivity (Wildman–Crippen MR) is 83.5 cm³/mol. The molecule has 0 unspecified atom stereocenters. The van der Waals surface area contributed by atoms with Gasteiger partial charge in [0.15, 0.2) is 16.1 Å². The van der Waals surface area contributed by atoms with Crippen LogP contribution in [0.3, 0.4) is 0 Å². The molecule has 0 atom stereocenters. The number of rotatable bonds is 4. The first-order chi connectivity index (χ1) is 9.08. The van der Waals surface area contributed by atoms with E-state index in [4.69, 9.17) is 0 Å². The molecule has 1 aliphatic heterocycles. The van der Waals surface area contributed by atoms with E-state index >= 15 is 0 Å². The number of hydrogen-bond acceptors (Lipinski definition) is 6. The Morgan fingerprint density at radius 3 is 2.68 bits per heavy atom. The molecule has 0 fully saturated rings. The first-order valence-electron chi connectivity index (χ1n) is 6.49. The molecule has 0 radical (unpaired) electrons. The average molecular weight is 297 g/mol. The summed E-state index contributed by atoms with van der Waals surface area (Å²) in [5.74, 6) is 1.09. The summed E-state index contributed by atoms with van der Waals surface area (Å²) in [5.41, 5.74) is 0.869. The van der Waals surface area contributed by atoms with Gasteiger partial charge in [0.25, 0.3) is 0 Å². The van der Waals surface area contributed by atoms with E-state index in [1.165, 1.54) is 31.1 Å². The molecule has 2 rings (SSSR count). The molecular weight excluding hydrogens is 278 g/mol. The number of anilines is 1. The molecule has 0 saturated carbocycles. The highest BCUT2D eigenvalue weighted by Gasteiger charge is 2.30. The van der Waals surface area contributed by atoms with Crippen LogP contribution in [-0.4, -0.2) is 28.2 Å². The summed E-state index contributed by atoms with van der Waals surface area (Å²) < 4.78 is 0. The average Bonchev–Trinajstić information content (AvgIpc) is 2.89. The molecule has 0 bridgehead atoms. The van der Waals surface area contributed by atoms with Crippen LogP contribution in [-0.2, 0) is 0 Å². The number of thioether (sulfide) groups is 1. The number of hydrogen-bond donors (Lipinski definition) is 1. The topological polar surface area (TPSA) is 54.4 Å². The Morgan fingerprint density at radius 1 is 1.47 bits per heavy atom. The van der Waals surface area contributed by atoms with Gasteiger partial charge in [0.1, 0.15) is 5.69 Å². The Bertz CT molecular complexity index is 492. The number of ketones is 1. The number of Topliss-reactive ketones (excluding diaryl/α,β-unsaturated/α-hetero) is 1. The van der Waals surface area contributed by atoms with Crippen LogP contribution in [0, 0.1) is 5.41 Å². The normalized spacial score (nSPS) is 17.9. The first kappa shape index (κ1) is 14.5. The number of aromatic nitrogens is 1. The van der Waals surface area contributed by atoms with Gasteiger partial charge in [-0.1, -0.05) is 25.6 Å². The summed E-state index contributed by atoms with van der Waals surface area (Å²) in [6.07, 6.45) is 2.33.